The first-order valence-electron chi connectivity index (χ1n) is 4.61. The van der Waals surface area contributed by atoms with Gasteiger partial charge in [0.2, 0.25) is 0 Å². The highest BCUT2D eigenvalue weighted by Gasteiger charge is 2.13. The number of thiophene rings is 1. The lowest BCUT2D eigenvalue weighted by molar-refractivity contribution is 0.718. The third kappa shape index (κ3) is 1.83. The minimum Gasteiger partial charge on any atom is -0.384 e. The Bertz CT molecular complexity index is 545. The van der Waals surface area contributed by atoms with Gasteiger partial charge in [0, 0.05) is 6.20 Å². The van der Waals surface area contributed by atoms with Crippen molar-refractivity contribution >= 4 is 17.2 Å². The molecule has 0 bridgehead atoms. The number of nitrogens with two attached hydrogens (primary N) is 1. The van der Waals surface area contributed by atoms with Crippen molar-refractivity contribution in [3.63, 3.8) is 0 Å². The Labute approximate surface area is 97.2 Å². The number of rotatable bonds is 3. The Balaban J connectivity index is 2.51. The molecule has 5 heteroatoms. The van der Waals surface area contributed by atoms with Gasteiger partial charge in [-0.15, -0.1) is 17.8 Å². The van der Waals surface area contributed by atoms with E-state index in [1.165, 1.54) is 0 Å². The molecular weight excluding hydrogens is 220 g/mol. The second-order valence-electron chi connectivity index (χ2n) is 3.18. The predicted molar refractivity (Wildman–Crippen MR) is 65.4 cm³/mol. The van der Waals surface area contributed by atoms with Gasteiger partial charge in [-0.25, -0.2) is 0 Å². The average molecular weight is 230 g/mol. The minimum absolute atomic E-state index is 0.00618. The number of amidine groups is 1. The summed E-state index contributed by atoms with van der Waals surface area (Å²) in [5, 5.41) is 13.8. The van der Waals surface area contributed by atoms with Gasteiger partial charge >= 0.3 is 0 Å². The molecule has 0 saturated heterocycles. The fraction of sp³-hybridized carbons (Fsp3) is 0.0909. The third-order valence-corrected chi connectivity index (χ3v) is 2.94. The molecule has 0 amide bonds. The molecule has 2 rings (SSSR count). The van der Waals surface area contributed by atoms with Gasteiger partial charge in [-0.05, 0) is 11.4 Å². The van der Waals surface area contributed by atoms with Crippen LogP contribution in [0.5, 0.6) is 0 Å². The van der Waals surface area contributed by atoms with Crippen molar-refractivity contribution in [2.75, 3.05) is 0 Å². The zero-order valence-electron chi connectivity index (χ0n) is 8.47. The first-order valence-corrected chi connectivity index (χ1v) is 5.49. The number of nitrogens with zero attached hydrogens (tertiary/aromatic N) is 2. The lowest BCUT2D eigenvalue weighted by atomic mass is 10.2. The molecule has 0 aliphatic heterocycles. The smallest absolute Gasteiger partial charge is 0.126 e. The summed E-state index contributed by atoms with van der Waals surface area (Å²) < 4.78 is 1.62. The molecule has 3 N–H and O–H groups in total. The summed E-state index contributed by atoms with van der Waals surface area (Å²) in [5.41, 5.74) is 6.86. The van der Waals surface area contributed by atoms with E-state index in [2.05, 4.69) is 11.0 Å². The normalized spacial score (nSPS) is 9.94. The predicted octanol–water partition coefficient (Wildman–Crippen LogP) is 1.53. The van der Waals surface area contributed by atoms with Crippen LogP contribution < -0.4 is 5.73 Å². The summed E-state index contributed by atoms with van der Waals surface area (Å²) in [5.74, 6) is 2.51. The van der Waals surface area contributed by atoms with Gasteiger partial charge in [-0.2, -0.15) is 5.10 Å². The number of hydrogen-bond donors (Lipinski definition) is 2. The molecule has 0 aliphatic carbocycles. The maximum Gasteiger partial charge on any atom is 0.126 e. The molecule has 80 valence electrons. The highest BCUT2D eigenvalue weighted by molar-refractivity contribution is 7.13. The van der Waals surface area contributed by atoms with E-state index in [1.807, 2.05) is 17.5 Å². The van der Waals surface area contributed by atoms with Crippen LogP contribution in [0.2, 0.25) is 0 Å². The highest BCUT2D eigenvalue weighted by Crippen LogP contribution is 2.26. The molecule has 2 heterocycles. The van der Waals surface area contributed by atoms with Crippen molar-refractivity contribution in [3.05, 3.63) is 29.3 Å². The van der Waals surface area contributed by atoms with Gasteiger partial charge in [0.15, 0.2) is 0 Å². The van der Waals surface area contributed by atoms with Gasteiger partial charge in [0.25, 0.3) is 0 Å². The zero-order chi connectivity index (χ0) is 11.5. The van der Waals surface area contributed by atoms with Crippen molar-refractivity contribution in [1.82, 2.24) is 9.78 Å². The van der Waals surface area contributed by atoms with Crippen LogP contribution in [0, 0.1) is 17.8 Å². The van der Waals surface area contributed by atoms with E-state index in [0.717, 1.165) is 10.6 Å². The van der Waals surface area contributed by atoms with E-state index in [-0.39, 0.29) is 5.84 Å². The van der Waals surface area contributed by atoms with Gasteiger partial charge in [0.1, 0.15) is 18.1 Å². The maximum absolute atomic E-state index is 7.50. The third-order valence-electron chi connectivity index (χ3n) is 2.06. The highest BCUT2D eigenvalue weighted by atomic mass is 32.1. The molecule has 0 aliphatic rings. The van der Waals surface area contributed by atoms with Crippen LogP contribution in [0.1, 0.15) is 5.56 Å². The molecule has 0 spiro atoms. The van der Waals surface area contributed by atoms with Crippen molar-refractivity contribution in [1.29, 1.82) is 5.41 Å². The molecule has 2 aromatic rings. The Morgan fingerprint density at radius 2 is 2.50 bits per heavy atom. The molecule has 0 aromatic carbocycles. The SMILES string of the molecule is C#CCn1cc(C(=N)N)c(-c2cccs2)n1. The largest absolute Gasteiger partial charge is 0.384 e. The number of terminal acetylenes is 1. The first kappa shape index (κ1) is 10.5. The molecule has 16 heavy (non-hydrogen) atoms. The standard InChI is InChI=1S/C11H10N4S/c1-2-5-15-7-8(11(12)13)10(14-15)9-4-3-6-16-9/h1,3-4,6-7H,5H2,(H3,12,13). The lowest BCUT2D eigenvalue weighted by Crippen LogP contribution is -2.11. The number of hydrogen-bond acceptors (Lipinski definition) is 3. The molecular formula is C11H10N4S. The lowest BCUT2D eigenvalue weighted by Gasteiger charge is -1.95. The molecule has 0 unspecified atom stereocenters. The summed E-state index contributed by atoms with van der Waals surface area (Å²) >= 11 is 1.56. The topological polar surface area (TPSA) is 67.7 Å². The van der Waals surface area contributed by atoms with E-state index >= 15 is 0 Å². The number of nitrogens with one attached hydrogen (secondary N) is 1. The minimum atomic E-state index is 0.00618. The summed E-state index contributed by atoms with van der Waals surface area (Å²) in [6.07, 6.45) is 6.93. The summed E-state index contributed by atoms with van der Waals surface area (Å²) in [6.45, 7) is 0.381. The molecule has 0 fully saturated rings. The van der Waals surface area contributed by atoms with E-state index in [9.17, 15) is 0 Å². The van der Waals surface area contributed by atoms with Crippen LogP contribution in [0.25, 0.3) is 10.6 Å². The van der Waals surface area contributed by atoms with Crippen LogP contribution in [-0.2, 0) is 6.54 Å². The second-order valence-corrected chi connectivity index (χ2v) is 4.13. The fourth-order valence-electron chi connectivity index (χ4n) is 1.39. The van der Waals surface area contributed by atoms with Gasteiger partial charge in [-0.1, -0.05) is 12.0 Å². The maximum atomic E-state index is 7.50. The van der Waals surface area contributed by atoms with Crippen molar-refractivity contribution < 1.29 is 0 Å². The Hall–Kier alpha value is -2.06. The van der Waals surface area contributed by atoms with Gasteiger partial charge in [0.05, 0.1) is 10.4 Å². The summed E-state index contributed by atoms with van der Waals surface area (Å²) in [4.78, 5) is 0.987. The molecule has 0 atom stereocenters. The molecule has 0 radical (unpaired) electrons. The summed E-state index contributed by atoms with van der Waals surface area (Å²) in [6, 6.07) is 3.88. The van der Waals surface area contributed by atoms with Gasteiger partial charge < -0.3 is 5.73 Å². The van der Waals surface area contributed by atoms with Crippen LogP contribution in [0.3, 0.4) is 0 Å². The first-order chi connectivity index (χ1) is 7.72. The molecule has 0 saturated carbocycles. The zero-order valence-corrected chi connectivity index (χ0v) is 9.29. The molecule has 2 aromatic heterocycles. The Morgan fingerprint density at radius 3 is 3.06 bits per heavy atom. The quantitative estimate of drug-likeness (QED) is 0.477. The van der Waals surface area contributed by atoms with Crippen LogP contribution >= 0.6 is 11.3 Å². The van der Waals surface area contributed by atoms with Crippen LogP contribution in [0.15, 0.2) is 23.7 Å². The summed E-state index contributed by atoms with van der Waals surface area (Å²) in [7, 11) is 0. The fourth-order valence-corrected chi connectivity index (χ4v) is 2.11. The van der Waals surface area contributed by atoms with Crippen molar-refractivity contribution in [2.45, 2.75) is 6.54 Å². The number of aromatic nitrogens is 2. The second kappa shape index (κ2) is 4.21. The molecule has 4 nitrogen and oxygen atoms in total. The number of nitrogen functional groups attached to an aromatic ring is 1. The van der Waals surface area contributed by atoms with Crippen LogP contribution in [0.4, 0.5) is 0 Å². The Kier molecular flexibility index (Phi) is 2.75. The monoisotopic (exact) mass is 230 g/mol. The van der Waals surface area contributed by atoms with Gasteiger partial charge in [-0.3, -0.25) is 10.1 Å². The Morgan fingerprint density at radius 1 is 1.69 bits per heavy atom. The van der Waals surface area contributed by atoms with Crippen molar-refractivity contribution in [3.8, 4) is 22.9 Å². The van der Waals surface area contributed by atoms with E-state index in [0.29, 0.717) is 12.1 Å². The van der Waals surface area contributed by atoms with Crippen molar-refractivity contribution in [2.24, 2.45) is 5.73 Å². The van der Waals surface area contributed by atoms with E-state index in [4.69, 9.17) is 17.6 Å². The van der Waals surface area contributed by atoms with Crippen LogP contribution in [-0.4, -0.2) is 15.6 Å². The van der Waals surface area contributed by atoms with E-state index < -0.39 is 0 Å². The van der Waals surface area contributed by atoms with E-state index in [1.54, 1.807) is 22.2 Å². The average Bonchev–Trinajstić information content (AvgIpc) is 2.83.